The molecule has 0 radical (unpaired) electrons. The van der Waals surface area contributed by atoms with Gasteiger partial charge in [0.1, 0.15) is 6.33 Å². The van der Waals surface area contributed by atoms with Crippen molar-refractivity contribution in [3.05, 3.63) is 35.1 Å². The van der Waals surface area contributed by atoms with E-state index in [1.54, 1.807) is 15.8 Å². The highest BCUT2D eigenvalue weighted by atomic mass is 35.5. The molecule has 0 spiro atoms. The Morgan fingerprint density at radius 2 is 2.25 bits per heavy atom. The molecule has 1 aromatic carbocycles. The van der Waals surface area contributed by atoms with Crippen molar-refractivity contribution in [2.45, 2.75) is 25.1 Å². The smallest absolute Gasteiger partial charge is 0.316 e. The zero-order valence-corrected chi connectivity index (χ0v) is 17.2. The van der Waals surface area contributed by atoms with Crippen LogP contribution in [0.5, 0.6) is 0 Å². The number of nitrogens with zero attached hydrogens (tertiary/aromatic N) is 4. The van der Waals surface area contributed by atoms with Crippen LogP contribution < -0.4 is 0 Å². The molecule has 10 heteroatoms. The van der Waals surface area contributed by atoms with E-state index in [0.29, 0.717) is 29.9 Å². The lowest BCUT2D eigenvalue weighted by molar-refractivity contribution is -0.153. The van der Waals surface area contributed by atoms with Gasteiger partial charge in [0.25, 0.3) is 5.91 Å². The number of hydrogen-bond donors (Lipinski definition) is 0. The molecule has 28 heavy (non-hydrogen) atoms. The zero-order valence-electron chi connectivity index (χ0n) is 15.6. The van der Waals surface area contributed by atoms with Gasteiger partial charge in [-0.05, 0) is 31.5 Å². The molecule has 1 aliphatic rings. The molecule has 0 saturated carbocycles. The number of esters is 1. The monoisotopic (exact) mass is 424 g/mol. The standard InChI is InChI=1S/C18H21ClN4O4S/c1-12-3-4-14(7-15(12)19)23-11-20-21-18(23)28-10-17(25)27-9-16(24)22-5-6-26-13(2)8-22/h3-4,7,11,13H,5-6,8-10H2,1-2H3. The maximum Gasteiger partial charge on any atom is 0.316 e. The molecule has 0 bridgehead atoms. The Morgan fingerprint density at radius 3 is 3.00 bits per heavy atom. The third-order valence-electron chi connectivity index (χ3n) is 4.22. The molecule has 1 aliphatic heterocycles. The first kappa shape index (κ1) is 20.6. The van der Waals surface area contributed by atoms with Crippen LogP contribution in [-0.2, 0) is 19.1 Å². The molecule has 1 saturated heterocycles. The Labute approximate surface area is 172 Å². The van der Waals surface area contributed by atoms with Crippen molar-refractivity contribution in [3.63, 3.8) is 0 Å². The van der Waals surface area contributed by atoms with Crippen LogP contribution in [0.25, 0.3) is 5.69 Å². The van der Waals surface area contributed by atoms with Crippen molar-refractivity contribution in [3.8, 4) is 5.69 Å². The van der Waals surface area contributed by atoms with Crippen LogP contribution in [0.4, 0.5) is 0 Å². The van der Waals surface area contributed by atoms with Crippen LogP contribution in [-0.4, -0.2) is 69.7 Å². The van der Waals surface area contributed by atoms with Gasteiger partial charge in [-0.3, -0.25) is 14.2 Å². The largest absolute Gasteiger partial charge is 0.455 e. The molecule has 0 N–H and O–H groups in total. The second-order valence-corrected chi connectivity index (χ2v) is 7.74. The topological polar surface area (TPSA) is 86.6 Å². The fourth-order valence-corrected chi connectivity index (χ4v) is 3.58. The second kappa shape index (κ2) is 9.40. The number of amides is 1. The van der Waals surface area contributed by atoms with Crippen LogP contribution in [0.2, 0.25) is 5.02 Å². The van der Waals surface area contributed by atoms with Crippen LogP contribution in [0, 0.1) is 6.92 Å². The normalized spacial score (nSPS) is 16.8. The van der Waals surface area contributed by atoms with Crippen LogP contribution in [0.3, 0.4) is 0 Å². The number of thioether (sulfide) groups is 1. The van der Waals surface area contributed by atoms with E-state index < -0.39 is 5.97 Å². The Morgan fingerprint density at radius 1 is 1.43 bits per heavy atom. The van der Waals surface area contributed by atoms with Crippen LogP contribution in [0.15, 0.2) is 29.7 Å². The van der Waals surface area contributed by atoms with Crippen molar-refractivity contribution >= 4 is 35.2 Å². The molecule has 1 unspecified atom stereocenters. The van der Waals surface area contributed by atoms with Gasteiger partial charge in [0, 0.05) is 18.1 Å². The Hall–Kier alpha value is -2.10. The summed E-state index contributed by atoms with van der Waals surface area (Å²) in [7, 11) is 0. The quantitative estimate of drug-likeness (QED) is 0.518. The lowest BCUT2D eigenvalue weighted by Gasteiger charge is -2.30. The summed E-state index contributed by atoms with van der Waals surface area (Å²) in [6, 6.07) is 5.61. The molecule has 8 nitrogen and oxygen atoms in total. The second-order valence-electron chi connectivity index (χ2n) is 6.39. The summed E-state index contributed by atoms with van der Waals surface area (Å²) < 4.78 is 12.2. The van der Waals surface area contributed by atoms with Crippen molar-refractivity contribution in [2.24, 2.45) is 0 Å². The number of ether oxygens (including phenoxy) is 2. The van der Waals surface area contributed by atoms with Crippen LogP contribution in [0.1, 0.15) is 12.5 Å². The van der Waals surface area contributed by atoms with E-state index >= 15 is 0 Å². The number of aromatic nitrogens is 3. The van der Waals surface area contributed by atoms with E-state index in [1.807, 2.05) is 32.0 Å². The summed E-state index contributed by atoms with van der Waals surface area (Å²) in [6.45, 7) is 5.06. The third-order valence-corrected chi connectivity index (χ3v) is 5.54. The van der Waals surface area contributed by atoms with Gasteiger partial charge in [0.15, 0.2) is 11.8 Å². The van der Waals surface area contributed by atoms with Gasteiger partial charge < -0.3 is 14.4 Å². The molecular weight excluding hydrogens is 404 g/mol. The Bertz CT molecular complexity index is 860. The maximum atomic E-state index is 12.1. The van der Waals surface area contributed by atoms with E-state index in [-0.39, 0.29) is 24.4 Å². The summed E-state index contributed by atoms with van der Waals surface area (Å²) in [6.07, 6.45) is 1.54. The third kappa shape index (κ3) is 5.24. The lowest BCUT2D eigenvalue weighted by atomic mass is 10.2. The van der Waals surface area contributed by atoms with Crippen LogP contribution >= 0.6 is 23.4 Å². The number of halogens is 1. The van der Waals surface area contributed by atoms with Gasteiger partial charge >= 0.3 is 5.97 Å². The summed E-state index contributed by atoms with van der Waals surface area (Å²) >= 11 is 7.36. The molecule has 1 aromatic heterocycles. The zero-order chi connectivity index (χ0) is 20.1. The van der Waals surface area contributed by atoms with Crippen molar-refractivity contribution < 1.29 is 19.1 Å². The van der Waals surface area contributed by atoms with Gasteiger partial charge in [0.05, 0.1) is 24.2 Å². The molecule has 1 atom stereocenters. The minimum atomic E-state index is -0.490. The number of morpholine rings is 1. The highest BCUT2D eigenvalue weighted by Crippen LogP contribution is 2.23. The number of rotatable bonds is 6. The molecule has 2 aromatic rings. The Kier molecular flexibility index (Phi) is 6.93. The fraction of sp³-hybridized carbons (Fsp3) is 0.444. The van der Waals surface area contributed by atoms with E-state index in [0.717, 1.165) is 11.3 Å². The van der Waals surface area contributed by atoms with Crippen molar-refractivity contribution in [1.82, 2.24) is 19.7 Å². The average Bonchev–Trinajstić information content (AvgIpc) is 3.15. The summed E-state index contributed by atoms with van der Waals surface area (Å²) in [5.74, 6) is -0.687. The number of hydrogen-bond acceptors (Lipinski definition) is 7. The molecular formula is C18H21ClN4O4S. The molecule has 1 fully saturated rings. The molecule has 0 aliphatic carbocycles. The first-order valence-electron chi connectivity index (χ1n) is 8.78. The predicted octanol–water partition coefficient (Wildman–Crippen LogP) is 2.11. The SMILES string of the molecule is Cc1ccc(-n2cnnc2SCC(=O)OCC(=O)N2CCOC(C)C2)cc1Cl. The lowest BCUT2D eigenvalue weighted by Crippen LogP contribution is -2.46. The summed E-state index contributed by atoms with van der Waals surface area (Å²) in [5, 5.41) is 9.09. The number of carbonyl (C=O) groups is 2. The minimum Gasteiger partial charge on any atom is -0.455 e. The van der Waals surface area contributed by atoms with E-state index in [1.165, 1.54) is 11.8 Å². The maximum absolute atomic E-state index is 12.1. The molecule has 150 valence electrons. The van der Waals surface area contributed by atoms with Gasteiger partial charge in [-0.25, -0.2) is 0 Å². The van der Waals surface area contributed by atoms with Gasteiger partial charge in [-0.2, -0.15) is 0 Å². The highest BCUT2D eigenvalue weighted by molar-refractivity contribution is 7.99. The van der Waals surface area contributed by atoms with Gasteiger partial charge in [0.2, 0.25) is 0 Å². The molecule has 2 heterocycles. The van der Waals surface area contributed by atoms with Gasteiger partial charge in [-0.15, -0.1) is 10.2 Å². The summed E-state index contributed by atoms with van der Waals surface area (Å²) in [4.78, 5) is 25.8. The first-order chi connectivity index (χ1) is 13.4. The number of carbonyl (C=O) groups excluding carboxylic acids is 2. The average molecular weight is 425 g/mol. The molecule has 3 rings (SSSR count). The highest BCUT2D eigenvalue weighted by Gasteiger charge is 2.22. The Balaban J connectivity index is 1.51. The minimum absolute atomic E-state index is 0.00871. The number of aryl methyl sites for hydroxylation is 1. The number of benzene rings is 1. The first-order valence-corrected chi connectivity index (χ1v) is 10.1. The van der Waals surface area contributed by atoms with E-state index in [4.69, 9.17) is 21.1 Å². The summed E-state index contributed by atoms with van der Waals surface area (Å²) in [5.41, 5.74) is 1.77. The predicted molar refractivity (Wildman–Crippen MR) is 105 cm³/mol. The van der Waals surface area contributed by atoms with Gasteiger partial charge in [-0.1, -0.05) is 29.4 Å². The fourth-order valence-electron chi connectivity index (χ4n) is 2.68. The van der Waals surface area contributed by atoms with E-state index in [2.05, 4.69) is 10.2 Å². The van der Waals surface area contributed by atoms with Crippen molar-refractivity contribution in [2.75, 3.05) is 32.1 Å². The van der Waals surface area contributed by atoms with Crippen molar-refractivity contribution in [1.29, 1.82) is 0 Å². The molecule has 1 amide bonds. The van der Waals surface area contributed by atoms with E-state index in [9.17, 15) is 9.59 Å².